The molecule has 0 heterocycles. The van der Waals surface area contributed by atoms with Crippen LogP contribution >= 0.6 is 0 Å². The van der Waals surface area contributed by atoms with Crippen molar-refractivity contribution in [2.45, 2.75) is 0 Å². The van der Waals surface area contributed by atoms with Crippen LogP contribution < -0.4 is 22.9 Å². The van der Waals surface area contributed by atoms with E-state index in [9.17, 15) is 70.2 Å². The molecule has 244 valence electrons. The molecule has 0 aliphatic heterocycles. The first kappa shape index (κ1) is 36.1. The van der Waals surface area contributed by atoms with Crippen LogP contribution in [0.4, 0.5) is 93.0 Å². The molecule has 0 bridgehead atoms. The molecule has 0 amide bonds. The normalized spacial score (nSPS) is 10.8. The third-order valence-corrected chi connectivity index (χ3v) is 5.69. The van der Waals surface area contributed by atoms with Gasteiger partial charge in [-0.05, 0) is 0 Å². The van der Waals surface area contributed by atoms with E-state index in [4.69, 9.17) is 22.9 Å². The molecule has 0 aliphatic carbocycles. The second-order valence-electron chi connectivity index (χ2n) is 8.18. The predicted octanol–water partition coefficient (Wildman–Crippen LogP) is 6.44. The van der Waals surface area contributed by atoms with Crippen molar-refractivity contribution in [3.05, 3.63) is 93.1 Å². The minimum atomic E-state index is -2.32. The van der Waals surface area contributed by atoms with Crippen LogP contribution in [0.1, 0.15) is 0 Å². The Morgan fingerprint density at radius 1 is 0.200 bits per heavy atom. The van der Waals surface area contributed by atoms with E-state index in [1.807, 2.05) is 0 Å². The van der Waals surface area contributed by atoms with Crippen molar-refractivity contribution >= 4 is 22.7 Å². The molecular formula is C24H10F16N4O. The summed E-state index contributed by atoms with van der Waals surface area (Å²) in [4.78, 5) is 0. The lowest BCUT2D eigenvalue weighted by Crippen LogP contribution is -2.10. The topological polar surface area (TPSA) is 136 Å². The SMILES string of the molecule is Nc1c(F)c(F)c(-c2c(F)c(F)c(N)c(F)c2F)c(F)c1F.Nc1c(F)c(F)c(-c2c(F)c(F)c(N)c(F)c2F)c(F)c1F.O. The Labute approximate surface area is 237 Å². The van der Waals surface area contributed by atoms with Crippen LogP contribution in [0.2, 0.25) is 0 Å². The molecule has 10 N–H and O–H groups in total. The summed E-state index contributed by atoms with van der Waals surface area (Å²) in [6, 6.07) is 0. The van der Waals surface area contributed by atoms with Gasteiger partial charge in [0.15, 0.2) is 93.1 Å². The van der Waals surface area contributed by atoms with Crippen molar-refractivity contribution in [2.24, 2.45) is 0 Å². The average Bonchev–Trinajstić information content (AvgIpc) is 3.00. The molecule has 0 aromatic heterocycles. The number of nitrogen functional groups attached to an aromatic ring is 4. The van der Waals surface area contributed by atoms with Gasteiger partial charge in [0.1, 0.15) is 22.7 Å². The maximum atomic E-state index is 13.6. The zero-order valence-corrected chi connectivity index (χ0v) is 20.9. The zero-order chi connectivity index (χ0) is 33.9. The van der Waals surface area contributed by atoms with E-state index in [0.29, 0.717) is 0 Å². The minimum Gasteiger partial charge on any atom is -0.412 e. The van der Waals surface area contributed by atoms with E-state index in [2.05, 4.69) is 0 Å². The van der Waals surface area contributed by atoms with Gasteiger partial charge in [0.2, 0.25) is 0 Å². The Morgan fingerprint density at radius 3 is 0.378 bits per heavy atom. The van der Waals surface area contributed by atoms with Crippen molar-refractivity contribution in [3.63, 3.8) is 0 Å². The minimum absolute atomic E-state index is 0. The molecule has 4 rings (SSSR count). The van der Waals surface area contributed by atoms with Crippen LogP contribution in [0.5, 0.6) is 0 Å². The molecule has 4 aromatic rings. The Balaban J connectivity index is 0.000000307. The molecule has 0 aliphatic rings. The number of nitrogens with two attached hydrogens (primary N) is 4. The van der Waals surface area contributed by atoms with Gasteiger partial charge in [-0.25, -0.2) is 70.2 Å². The number of hydrogen-bond acceptors (Lipinski definition) is 4. The molecule has 21 heteroatoms. The first-order chi connectivity index (χ1) is 20.2. The van der Waals surface area contributed by atoms with Crippen molar-refractivity contribution in [3.8, 4) is 22.3 Å². The molecular weight excluding hydrogens is 664 g/mol. The van der Waals surface area contributed by atoms with Gasteiger partial charge < -0.3 is 28.4 Å². The highest BCUT2D eigenvalue weighted by molar-refractivity contribution is 5.73. The zero-order valence-electron chi connectivity index (χ0n) is 20.9. The Hall–Kier alpha value is -5.08. The van der Waals surface area contributed by atoms with E-state index in [1.165, 1.54) is 0 Å². The number of hydrogen-bond donors (Lipinski definition) is 4. The highest BCUT2D eigenvalue weighted by Crippen LogP contribution is 2.40. The van der Waals surface area contributed by atoms with Crippen LogP contribution in [-0.2, 0) is 0 Å². The third kappa shape index (κ3) is 5.42. The van der Waals surface area contributed by atoms with Crippen molar-refractivity contribution in [1.29, 1.82) is 0 Å². The van der Waals surface area contributed by atoms with Crippen molar-refractivity contribution < 1.29 is 75.7 Å². The van der Waals surface area contributed by atoms with Gasteiger partial charge in [-0.15, -0.1) is 0 Å². The molecule has 0 unspecified atom stereocenters. The predicted molar refractivity (Wildman–Crippen MR) is 124 cm³/mol. The van der Waals surface area contributed by atoms with Gasteiger partial charge in [0, 0.05) is 0 Å². The van der Waals surface area contributed by atoms with Gasteiger partial charge in [-0.3, -0.25) is 0 Å². The first-order valence-electron chi connectivity index (χ1n) is 10.7. The van der Waals surface area contributed by atoms with Crippen LogP contribution in [0, 0.1) is 93.1 Å². The smallest absolute Gasteiger partial charge is 0.185 e. The summed E-state index contributed by atoms with van der Waals surface area (Å²) in [7, 11) is 0. The average molecular weight is 674 g/mol. The summed E-state index contributed by atoms with van der Waals surface area (Å²) < 4.78 is 216. The van der Waals surface area contributed by atoms with Crippen LogP contribution in [-0.4, -0.2) is 5.48 Å². The summed E-state index contributed by atoms with van der Waals surface area (Å²) in [5.74, 6) is -36.0. The molecule has 0 radical (unpaired) electrons. The number of rotatable bonds is 2. The molecule has 0 saturated heterocycles. The fourth-order valence-corrected chi connectivity index (χ4v) is 3.47. The maximum absolute atomic E-state index is 13.6. The summed E-state index contributed by atoms with van der Waals surface area (Å²) >= 11 is 0. The monoisotopic (exact) mass is 674 g/mol. The van der Waals surface area contributed by atoms with Crippen LogP contribution in [0.3, 0.4) is 0 Å². The fraction of sp³-hybridized carbons (Fsp3) is 0. The van der Waals surface area contributed by atoms with Gasteiger partial charge in [0.25, 0.3) is 0 Å². The highest BCUT2D eigenvalue weighted by Gasteiger charge is 2.34. The summed E-state index contributed by atoms with van der Waals surface area (Å²) in [6.45, 7) is 0. The lowest BCUT2D eigenvalue weighted by molar-refractivity contribution is 0.447. The van der Waals surface area contributed by atoms with Crippen molar-refractivity contribution in [1.82, 2.24) is 0 Å². The first-order valence-corrected chi connectivity index (χ1v) is 10.7. The number of halogens is 16. The maximum Gasteiger partial charge on any atom is 0.185 e. The molecule has 5 nitrogen and oxygen atoms in total. The Kier molecular flexibility index (Phi) is 10.0. The largest absolute Gasteiger partial charge is 0.412 e. The van der Waals surface area contributed by atoms with E-state index in [-0.39, 0.29) is 5.48 Å². The second-order valence-corrected chi connectivity index (χ2v) is 8.18. The standard InChI is InChI=1S/2C12H4F8N2.H2O/c2*13-3-1(4(14)8(18)11(21)7(3)17)2-5(15)9(19)12(22)10(20)6(2)16;/h2*21-22H2;1H2. The van der Waals surface area contributed by atoms with E-state index in [0.717, 1.165) is 0 Å². The van der Waals surface area contributed by atoms with Crippen LogP contribution in [0.25, 0.3) is 22.3 Å². The molecule has 0 spiro atoms. The van der Waals surface area contributed by atoms with Crippen LogP contribution in [0.15, 0.2) is 0 Å². The number of benzene rings is 4. The molecule has 0 fully saturated rings. The van der Waals surface area contributed by atoms with Gasteiger partial charge in [-0.2, -0.15) is 0 Å². The van der Waals surface area contributed by atoms with E-state index >= 15 is 0 Å². The summed E-state index contributed by atoms with van der Waals surface area (Å²) in [5.41, 5.74) is 4.46. The van der Waals surface area contributed by atoms with Gasteiger partial charge in [-0.1, -0.05) is 0 Å². The molecule has 0 atom stereocenters. The Bertz CT molecular complexity index is 1500. The number of anilines is 4. The fourth-order valence-electron chi connectivity index (χ4n) is 3.47. The van der Waals surface area contributed by atoms with E-state index < -0.39 is 138 Å². The lowest BCUT2D eigenvalue weighted by atomic mass is 10.0. The second kappa shape index (κ2) is 12.5. The summed E-state index contributed by atoms with van der Waals surface area (Å²) in [6.07, 6.45) is 0. The molecule has 0 saturated carbocycles. The van der Waals surface area contributed by atoms with Gasteiger partial charge in [0.05, 0.1) is 22.3 Å². The molecule has 4 aromatic carbocycles. The quantitative estimate of drug-likeness (QED) is 0.111. The Morgan fingerprint density at radius 2 is 0.289 bits per heavy atom. The van der Waals surface area contributed by atoms with E-state index in [1.54, 1.807) is 0 Å². The third-order valence-electron chi connectivity index (χ3n) is 5.69. The highest BCUT2D eigenvalue weighted by atomic mass is 19.2. The molecule has 45 heavy (non-hydrogen) atoms. The lowest BCUT2D eigenvalue weighted by Gasteiger charge is -2.13. The van der Waals surface area contributed by atoms with Gasteiger partial charge >= 0.3 is 0 Å². The van der Waals surface area contributed by atoms with Crippen molar-refractivity contribution in [2.75, 3.05) is 22.9 Å². The summed E-state index contributed by atoms with van der Waals surface area (Å²) in [5, 5.41) is 0.